The number of carbonyl (C=O) groups excluding carboxylic acids is 3. The number of fused-ring (bicyclic) bond motifs is 6. The fourth-order valence-corrected chi connectivity index (χ4v) is 4.98. The molecule has 35 heavy (non-hydrogen) atoms. The number of hydrogen-bond donors (Lipinski definition) is 0. The second kappa shape index (κ2) is 8.41. The molecule has 3 heterocycles. The molecular formula is C28H29N3O4. The molecule has 1 atom stereocenters. The zero-order chi connectivity index (χ0) is 24.9. The van der Waals surface area contributed by atoms with Crippen molar-refractivity contribution in [3.05, 3.63) is 77.0 Å². The lowest BCUT2D eigenvalue weighted by atomic mass is 9.89. The van der Waals surface area contributed by atoms with Crippen molar-refractivity contribution in [3.8, 4) is 0 Å². The maximum Gasteiger partial charge on any atom is 0.331 e. The van der Waals surface area contributed by atoms with Crippen LogP contribution in [-0.2, 0) is 27.4 Å². The first-order chi connectivity index (χ1) is 16.6. The zero-order valence-electron chi connectivity index (χ0n) is 20.4. The lowest BCUT2D eigenvalue weighted by Gasteiger charge is -2.41. The minimum atomic E-state index is -0.524. The van der Waals surface area contributed by atoms with Crippen molar-refractivity contribution in [2.24, 2.45) is 0 Å². The third-order valence-corrected chi connectivity index (χ3v) is 6.54. The van der Waals surface area contributed by atoms with Gasteiger partial charge < -0.3 is 14.2 Å². The average Bonchev–Trinajstić information content (AvgIpc) is 3.13. The van der Waals surface area contributed by atoms with Gasteiger partial charge in [0.25, 0.3) is 0 Å². The van der Waals surface area contributed by atoms with E-state index in [1.165, 1.54) is 11.0 Å². The van der Waals surface area contributed by atoms with E-state index in [0.717, 1.165) is 33.3 Å². The van der Waals surface area contributed by atoms with Crippen LogP contribution in [-0.4, -0.2) is 51.5 Å². The van der Waals surface area contributed by atoms with Gasteiger partial charge in [-0.2, -0.15) is 0 Å². The molecule has 2 aliphatic rings. The SMILES string of the molecule is CN1C(=O)C2CN(Cc3c2c2ccccc2n3Cc2ccc(/C=C/C(=O)OC(C)(C)C)cc2)C1=O. The van der Waals surface area contributed by atoms with Crippen LogP contribution in [0, 0.1) is 0 Å². The van der Waals surface area contributed by atoms with E-state index in [9.17, 15) is 14.4 Å². The second-order valence-corrected chi connectivity index (χ2v) is 10.2. The fourth-order valence-electron chi connectivity index (χ4n) is 4.98. The number of nitrogens with zero attached hydrogens (tertiary/aromatic N) is 3. The highest BCUT2D eigenvalue weighted by Crippen LogP contribution is 2.40. The Balaban J connectivity index is 1.45. The predicted octanol–water partition coefficient (Wildman–Crippen LogP) is 4.54. The third-order valence-electron chi connectivity index (χ3n) is 6.54. The van der Waals surface area contributed by atoms with Gasteiger partial charge in [-0.15, -0.1) is 0 Å². The number of urea groups is 1. The van der Waals surface area contributed by atoms with Gasteiger partial charge >= 0.3 is 12.0 Å². The molecule has 0 N–H and O–H groups in total. The normalized spacial score (nSPS) is 17.9. The first-order valence-electron chi connectivity index (χ1n) is 11.8. The van der Waals surface area contributed by atoms with E-state index in [-0.39, 0.29) is 23.8 Å². The van der Waals surface area contributed by atoms with Crippen LogP contribution in [0.3, 0.4) is 0 Å². The lowest BCUT2D eigenvalue weighted by molar-refractivity contribution is -0.148. The number of hydrogen-bond acceptors (Lipinski definition) is 4. The number of rotatable bonds is 4. The summed E-state index contributed by atoms with van der Waals surface area (Å²) < 4.78 is 7.54. The Labute approximate surface area is 204 Å². The van der Waals surface area contributed by atoms with Crippen LogP contribution in [0.4, 0.5) is 4.79 Å². The number of likely N-dealkylation sites (N-methyl/N-ethyl adjacent to an activating group) is 1. The predicted molar refractivity (Wildman–Crippen MR) is 134 cm³/mol. The van der Waals surface area contributed by atoms with Gasteiger partial charge in [-0.05, 0) is 49.6 Å². The first-order valence-corrected chi connectivity index (χ1v) is 11.8. The topological polar surface area (TPSA) is 71.8 Å². The Morgan fingerprint density at radius 1 is 1.09 bits per heavy atom. The van der Waals surface area contributed by atoms with Crippen molar-refractivity contribution in [1.82, 2.24) is 14.4 Å². The number of aromatic nitrogens is 1. The van der Waals surface area contributed by atoms with Crippen molar-refractivity contribution < 1.29 is 19.1 Å². The first kappa shape index (κ1) is 22.9. The van der Waals surface area contributed by atoms with Crippen LogP contribution in [0.15, 0.2) is 54.6 Å². The quantitative estimate of drug-likeness (QED) is 0.414. The molecule has 0 saturated carbocycles. The highest BCUT2D eigenvalue weighted by molar-refractivity contribution is 6.04. The summed E-state index contributed by atoms with van der Waals surface area (Å²) in [5.41, 5.74) is 4.58. The molecule has 1 saturated heterocycles. The minimum absolute atomic E-state index is 0.142. The minimum Gasteiger partial charge on any atom is -0.457 e. The molecule has 0 radical (unpaired) electrons. The van der Waals surface area contributed by atoms with Crippen LogP contribution < -0.4 is 0 Å². The number of benzene rings is 2. The largest absolute Gasteiger partial charge is 0.457 e. The summed E-state index contributed by atoms with van der Waals surface area (Å²) in [6.07, 6.45) is 3.18. The van der Waals surface area contributed by atoms with Gasteiger partial charge in [0, 0.05) is 42.8 Å². The molecule has 1 unspecified atom stereocenters. The van der Waals surface area contributed by atoms with Gasteiger partial charge in [-0.25, -0.2) is 9.59 Å². The van der Waals surface area contributed by atoms with Crippen LogP contribution in [0.1, 0.15) is 49.1 Å². The number of imide groups is 1. The molecule has 180 valence electrons. The summed E-state index contributed by atoms with van der Waals surface area (Å²) in [6, 6.07) is 15.9. The van der Waals surface area contributed by atoms with Crippen molar-refractivity contribution in [1.29, 1.82) is 0 Å². The molecule has 7 heteroatoms. The lowest BCUT2D eigenvalue weighted by Crippen LogP contribution is -2.56. The summed E-state index contributed by atoms with van der Waals surface area (Å²) in [5.74, 6) is -0.855. The summed E-state index contributed by atoms with van der Waals surface area (Å²) in [7, 11) is 1.56. The van der Waals surface area contributed by atoms with Gasteiger partial charge in [0.2, 0.25) is 5.91 Å². The Kier molecular flexibility index (Phi) is 5.50. The monoisotopic (exact) mass is 471 g/mol. The van der Waals surface area contributed by atoms with Crippen molar-refractivity contribution in [2.45, 2.75) is 45.4 Å². The molecule has 3 aromatic rings. The molecule has 1 fully saturated rings. The van der Waals surface area contributed by atoms with E-state index in [1.54, 1.807) is 18.0 Å². The number of carbonyl (C=O) groups is 3. The molecule has 1 aromatic heterocycles. The van der Waals surface area contributed by atoms with E-state index in [4.69, 9.17) is 4.74 Å². The van der Waals surface area contributed by atoms with E-state index in [1.807, 2.05) is 57.2 Å². The van der Waals surface area contributed by atoms with Crippen LogP contribution in [0.25, 0.3) is 17.0 Å². The second-order valence-electron chi connectivity index (χ2n) is 10.2. The Morgan fingerprint density at radius 3 is 2.51 bits per heavy atom. The van der Waals surface area contributed by atoms with Gasteiger partial charge in [-0.1, -0.05) is 42.5 Å². The van der Waals surface area contributed by atoms with Crippen molar-refractivity contribution >= 4 is 34.9 Å². The summed E-state index contributed by atoms with van der Waals surface area (Å²) in [5, 5.41) is 1.07. The molecule has 3 amide bonds. The van der Waals surface area contributed by atoms with Crippen molar-refractivity contribution in [3.63, 3.8) is 0 Å². The molecule has 0 aliphatic carbocycles. The Morgan fingerprint density at radius 2 is 1.80 bits per heavy atom. The van der Waals surface area contributed by atoms with Crippen LogP contribution in [0.2, 0.25) is 0 Å². The Hall–Kier alpha value is -3.87. The zero-order valence-corrected chi connectivity index (χ0v) is 20.4. The maximum atomic E-state index is 13.0. The highest BCUT2D eigenvalue weighted by Gasteiger charge is 2.44. The van der Waals surface area contributed by atoms with E-state index in [2.05, 4.69) is 16.7 Å². The van der Waals surface area contributed by atoms with Crippen LogP contribution in [0.5, 0.6) is 0 Å². The van der Waals surface area contributed by atoms with Gasteiger partial charge in [0.1, 0.15) is 5.60 Å². The summed E-state index contributed by atoms with van der Waals surface area (Å²) in [4.78, 5) is 40.6. The molecule has 2 bridgehead atoms. The number of esters is 1. The molecule has 2 aliphatic heterocycles. The molecule has 5 rings (SSSR count). The smallest absolute Gasteiger partial charge is 0.331 e. The highest BCUT2D eigenvalue weighted by atomic mass is 16.6. The maximum absolute atomic E-state index is 13.0. The average molecular weight is 472 g/mol. The van der Waals surface area contributed by atoms with E-state index >= 15 is 0 Å². The third kappa shape index (κ3) is 4.22. The van der Waals surface area contributed by atoms with Crippen molar-refractivity contribution in [2.75, 3.05) is 13.6 Å². The van der Waals surface area contributed by atoms with E-state index < -0.39 is 5.60 Å². The number of para-hydroxylation sites is 1. The number of ether oxygens (including phenoxy) is 1. The molecule has 7 nitrogen and oxygen atoms in total. The van der Waals surface area contributed by atoms with Gasteiger partial charge in [-0.3, -0.25) is 9.69 Å². The number of amides is 3. The standard InChI is InChI=1S/C28H29N3O4/c1-28(2,3)35-24(32)14-13-18-9-11-19(12-10-18)15-31-22-8-6-5-7-20(22)25-21-16-30(17-23(25)31)27(34)29(4)26(21)33/h5-14,21H,15-17H2,1-4H3/b14-13+. The van der Waals surface area contributed by atoms with Gasteiger partial charge in [0.15, 0.2) is 0 Å². The fraction of sp³-hybridized carbons (Fsp3) is 0.321. The summed E-state index contributed by atoms with van der Waals surface area (Å²) in [6.45, 7) is 7.04. The van der Waals surface area contributed by atoms with Gasteiger partial charge in [0.05, 0.1) is 12.5 Å². The van der Waals surface area contributed by atoms with E-state index in [0.29, 0.717) is 19.6 Å². The Bertz CT molecular complexity index is 1360. The summed E-state index contributed by atoms with van der Waals surface area (Å²) >= 11 is 0. The van der Waals surface area contributed by atoms with Crippen LogP contribution >= 0.6 is 0 Å². The molecule has 2 aromatic carbocycles. The molecular weight excluding hydrogens is 442 g/mol. The molecule has 0 spiro atoms.